The van der Waals surface area contributed by atoms with Gasteiger partial charge in [-0.1, -0.05) is 0 Å². The Hall–Kier alpha value is 0.846. The van der Waals surface area contributed by atoms with Gasteiger partial charge in [0.25, 0.3) is 0 Å². The predicted molar refractivity (Wildman–Crippen MR) is 50.4 cm³/mol. The third-order valence-corrected chi connectivity index (χ3v) is 0.433. The van der Waals surface area contributed by atoms with E-state index in [4.69, 9.17) is 15.5 Å². The zero-order chi connectivity index (χ0) is 8.78. The number of hydrogen-bond acceptors (Lipinski definition) is 2. The van der Waals surface area contributed by atoms with Crippen LogP contribution in [0.5, 0.6) is 0 Å². The number of nitrogens with two attached hydrogens (primary N) is 1. The van der Waals surface area contributed by atoms with E-state index in [9.17, 15) is 0 Å². The Bertz CT molecular complexity index is 67.9. The van der Waals surface area contributed by atoms with Crippen LogP contribution in [0.2, 0.25) is 11.0 Å². The maximum absolute atomic E-state index is 5.46. The van der Waals surface area contributed by atoms with Crippen molar-refractivity contribution in [1.29, 1.82) is 0 Å². The number of rotatable bonds is 0. The third kappa shape index (κ3) is 36.8. The Morgan fingerprint density at radius 3 is 1.40 bits per heavy atom. The minimum absolute atomic E-state index is 0.0694. The first-order valence-electron chi connectivity index (χ1n) is 3.41. The Labute approximate surface area is 73.5 Å². The molecule has 0 aromatic carbocycles. The van der Waals surface area contributed by atoms with Crippen LogP contribution in [0.1, 0.15) is 20.8 Å². The van der Waals surface area contributed by atoms with Crippen LogP contribution in [0.4, 0.5) is 0 Å². The summed E-state index contributed by atoms with van der Waals surface area (Å²) < 4.78 is 0. The van der Waals surface area contributed by atoms with Crippen molar-refractivity contribution in [2.75, 3.05) is 0 Å². The van der Waals surface area contributed by atoms with Gasteiger partial charge in [0, 0.05) is 5.54 Å². The van der Waals surface area contributed by atoms with Gasteiger partial charge >= 0.3 is 35.8 Å². The molecule has 0 saturated carbocycles. The molecule has 0 heterocycles. The summed E-state index contributed by atoms with van der Waals surface area (Å²) in [5, 5.41) is 0. The Morgan fingerprint density at radius 2 is 1.40 bits per heavy atom. The van der Waals surface area contributed by atoms with Crippen LogP contribution in [-0.4, -0.2) is 20.8 Å². The molecule has 0 aliphatic heterocycles. The van der Waals surface area contributed by atoms with E-state index in [1.54, 1.807) is 0 Å². The molecule has 0 bridgehead atoms. The third-order valence-electron chi connectivity index (χ3n) is 0.433. The summed E-state index contributed by atoms with van der Waals surface area (Å²) in [4.78, 5) is 0. The summed E-state index contributed by atoms with van der Waals surface area (Å²) in [5.41, 5.74) is 6.91. The maximum atomic E-state index is 5.46. The number of nitrogens with one attached hydrogen (secondary N) is 1. The molecule has 0 spiro atoms. The van der Waals surface area contributed by atoms with Gasteiger partial charge in [0.05, 0.1) is 0 Å². The SMILES string of the molecule is CC(C)(C)NN.[CH3][Ga]([CH3])[Cl]. The fourth-order valence-electron chi connectivity index (χ4n) is 0. The van der Waals surface area contributed by atoms with E-state index >= 15 is 0 Å². The summed E-state index contributed by atoms with van der Waals surface area (Å²) in [5.74, 6) is 5.06. The molecule has 0 saturated heterocycles. The van der Waals surface area contributed by atoms with Crippen molar-refractivity contribution in [3.8, 4) is 0 Å². The Kier molecular flexibility index (Phi) is 8.80. The van der Waals surface area contributed by atoms with Crippen molar-refractivity contribution in [2.24, 2.45) is 5.84 Å². The van der Waals surface area contributed by atoms with Crippen molar-refractivity contribution in [3.63, 3.8) is 0 Å². The van der Waals surface area contributed by atoms with Crippen molar-refractivity contribution < 1.29 is 0 Å². The molecule has 0 aliphatic carbocycles. The topological polar surface area (TPSA) is 38.0 Å². The molecule has 0 unspecified atom stereocenters. The van der Waals surface area contributed by atoms with Gasteiger partial charge in [-0.25, -0.2) is 0 Å². The van der Waals surface area contributed by atoms with Gasteiger partial charge in [0.2, 0.25) is 0 Å². The van der Waals surface area contributed by atoms with Crippen molar-refractivity contribution in [3.05, 3.63) is 0 Å². The molecule has 0 atom stereocenters. The molecule has 0 aromatic heterocycles. The van der Waals surface area contributed by atoms with E-state index in [0.29, 0.717) is 0 Å². The second-order valence-electron chi connectivity index (χ2n) is 3.41. The molecule has 0 fully saturated rings. The normalized spacial score (nSPS) is 9.90. The Balaban J connectivity index is 0. The molecule has 10 heavy (non-hydrogen) atoms. The molecule has 0 amide bonds. The summed E-state index contributed by atoms with van der Waals surface area (Å²) in [7, 11) is 5.46. The molecule has 0 aromatic rings. The molecular formula is C6H18ClGaN2. The van der Waals surface area contributed by atoms with Crippen LogP contribution in [0.25, 0.3) is 0 Å². The van der Waals surface area contributed by atoms with Gasteiger partial charge in [-0.3, -0.25) is 11.3 Å². The standard InChI is InChI=1S/C4H12N2.2CH3.ClH.Ga/c1-4(2,3)6-5;;;;/h6H,5H2,1-3H3;2*1H3;1H;/q;;;;+1/p-1. The first-order chi connectivity index (χ1) is 4.29. The van der Waals surface area contributed by atoms with Gasteiger partial charge < -0.3 is 0 Å². The summed E-state index contributed by atoms with van der Waals surface area (Å²) in [6.07, 6.45) is 0. The first-order valence-corrected chi connectivity index (χ1v) is 11.4. The molecule has 3 N–H and O–H groups in total. The monoisotopic (exact) mass is 222 g/mol. The fourth-order valence-corrected chi connectivity index (χ4v) is 0. The molecule has 62 valence electrons. The zero-order valence-corrected chi connectivity index (χ0v) is 10.7. The molecule has 0 radical (unpaired) electrons. The van der Waals surface area contributed by atoms with Gasteiger partial charge in [0.1, 0.15) is 0 Å². The molecule has 4 heteroatoms. The summed E-state index contributed by atoms with van der Waals surface area (Å²) in [6, 6.07) is 0. The molecule has 0 rings (SSSR count). The van der Waals surface area contributed by atoms with E-state index < -0.39 is 15.2 Å². The van der Waals surface area contributed by atoms with Crippen LogP contribution in [0, 0.1) is 0 Å². The van der Waals surface area contributed by atoms with E-state index in [1.807, 2.05) is 20.8 Å². The van der Waals surface area contributed by atoms with Gasteiger partial charge in [0.15, 0.2) is 0 Å². The minimum atomic E-state index is -1.01. The molecular weight excluding hydrogens is 205 g/mol. The summed E-state index contributed by atoms with van der Waals surface area (Å²) in [6.45, 7) is 6.02. The zero-order valence-electron chi connectivity index (χ0n) is 7.53. The average molecular weight is 223 g/mol. The van der Waals surface area contributed by atoms with Gasteiger partial charge in [-0.05, 0) is 20.8 Å². The van der Waals surface area contributed by atoms with E-state index in [1.165, 1.54) is 0 Å². The quantitative estimate of drug-likeness (QED) is 0.373. The Morgan fingerprint density at radius 1 is 1.30 bits per heavy atom. The van der Waals surface area contributed by atoms with Crippen LogP contribution < -0.4 is 11.3 Å². The van der Waals surface area contributed by atoms with Crippen LogP contribution in [-0.2, 0) is 0 Å². The van der Waals surface area contributed by atoms with Crippen LogP contribution >= 0.6 is 9.64 Å². The van der Waals surface area contributed by atoms with Crippen molar-refractivity contribution in [1.82, 2.24) is 5.43 Å². The van der Waals surface area contributed by atoms with Gasteiger partial charge in [-0.2, -0.15) is 0 Å². The first kappa shape index (κ1) is 13.4. The number of halogens is 1. The molecule has 0 aliphatic rings. The fraction of sp³-hybridized carbons (Fsp3) is 1.00. The summed E-state index contributed by atoms with van der Waals surface area (Å²) >= 11 is -1.01. The average Bonchev–Trinajstić information content (AvgIpc) is 1.63. The second kappa shape index (κ2) is 6.55. The molecule has 2 nitrogen and oxygen atoms in total. The second-order valence-corrected chi connectivity index (χ2v) is 12.2. The van der Waals surface area contributed by atoms with Crippen molar-refractivity contribution in [2.45, 2.75) is 37.3 Å². The van der Waals surface area contributed by atoms with Gasteiger partial charge in [-0.15, -0.1) is 0 Å². The number of hydrazine groups is 1. The van der Waals surface area contributed by atoms with E-state index in [0.717, 1.165) is 0 Å². The van der Waals surface area contributed by atoms with Crippen LogP contribution in [0.15, 0.2) is 0 Å². The van der Waals surface area contributed by atoms with Crippen molar-refractivity contribution >= 4 is 24.9 Å². The predicted octanol–water partition coefficient (Wildman–Crippen LogP) is 1.72. The number of hydrogen-bond donors (Lipinski definition) is 2. The van der Waals surface area contributed by atoms with E-state index in [-0.39, 0.29) is 5.54 Å². The van der Waals surface area contributed by atoms with E-state index in [2.05, 4.69) is 16.4 Å². The van der Waals surface area contributed by atoms with Crippen LogP contribution in [0.3, 0.4) is 0 Å².